The first-order valence-corrected chi connectivity index (χ1v) is 6.15. The first-order valence-electron chi connectivity index (χ1n) is 5.36. The Morgan fingerprint density at radius 2 is 2.29 bits per heavy atom. The molecule has 1 aliphatic rings. The van der Waals surface area contributed by atoms with E-state index in [1.807, 2.05) is 0 Å². The lowest BCUT2D eigenvalue weighted by Crippen LogP contribution is -2.30. The molecule has 0 atom stereocenters. The third-order valence-corrected chi connectivity index (χ3v) is 3.13. The van der Waals surface area contributed by atoms with Crippen LogP contribution in [0.3, 0.4) is 0 Å². The molecule has 2 rings (SSSR count). The number of benzene rings is 1. The molecule has 90 valence electrons. The van der Waals surface area contributed by atoms with Crippen molar-refractivity contribution in [1.82, 2.24) is 5.32 Å². The molecule has 0 aromatic heterocycles. The molecule has 1 aromatic carbocycles. The first-order chi connectivity index (χ1) is 8.19. The van der Waals surface area contributed by atoms with Crippen LogP contribution in [0.4, 0.5) is 0 Å². The molecular formula is C12H12BrNO3. The molecule has 0 saturated heterocycles. The van der Waals surface area contributed by atoms with Crippen molar-refractivity contribution in [2.24, 2.45) is 0 Å². The number of carbonyl (C=O) groups excluding carboxylic acids is 2. The maximum atomic E-state index is 11.4. The third kappa shape index (κ3) is 3.56. The van der Waals surface area contributed by atoms with Gasteiger partial charge in [0.05, 0.1) is 0 Å². The summed E-state index contributed by atoms with van der Waals surface area (Å²) in [4.78, 5) is 22.1. The van der Waals surface area contributed by atoms with Crippen LogP contribution in [-0.4, -0.2) is 24.8 Å². The van der Waals surface area contributed by atoms with Crippen molar-refractivity contribution < 1.29 is 14.3 Å². The largest absolute Gasteiger partial charge is 0.484 e. The lowest BCUT2D eigenvalue weighted by atomic mass is 10.2. The van der Waals surface area contributed by atoms with E-state index in [1.165, 1.54) is 0 Å². The summed E-state index contributed by atoms with van der Waals surface area (Å²) < 4.78 is 6.01. The van der Waals surface area contributed by atoms with Gasteiger partial charge < -0.3 is 10.1 Å². The van der Waals surface area contributed by atoms with E-state index < -0.39 is 0 Å². The second-order valence-corrected chi connectivity index (χ2v) is 4.79. The minimum atomic E-state index is -0.122. The van der Waals surface area contributed by atoms with Gasteiger partial charge in [0.1, 0.15) is 5.75 Å². The lowest BCUT2D eigenvalue weighted by molar-refractivity contribution is -0.123. The third-order valence-electron chi connectivity index (χ3n) is 2.41. The first kappa shape index (κ1) is 12.1. The van der Waals surface area contributed by atoms with Crippen LogP contribution in [0.1, 0.15) is 23.2 Å². The highest BCUT2D eigenvalue weighted by Crippen LogP contribution is 2.21. The molecule has 1 fully saturated rings. The molecule has 1 amide bonds. The highest BCUT2D eigenvalue weighted by molar-refractivity contribution is 9.10. The average Bonchev–Trinajstić information content (AvgIpc) is 3.12. The van der Waals surface area contributed by atoms with Crippen LogP contribution >= 0.6 is 15.9 Å². The minimum Gasteiger partial charge on any atom is -0.484 e. The van der Waals surface area contributed by atoms with Gasteiger partial charge in [0, 0.05) is 16.1 Å². The second-order valence-electron chi connectivity index (χ2n) is 3.93. The fourth-order valence-corrected chi connectivity index (χ4v) is 1.69. The number of hydrogen-bond donors (Lipinski definition) is 1. The zero-order valence-corrected chi connectivity index (χ0v) is 10.7. The van der Waals surface area contributed by atoms with Crippen molar-refractivity contribution in [1.29, 1.82) is 0 Å². The topological polar surface area (TPSA) is 55.4 Å². The summed E-state index contributed by atoms with van der Waals surface area (Å²) in [6.45, 7) is -0.0174. The van der Waals surface area contributed by atoms with Crippen LogP contribution < -0.4 is 10.1 Å². The van der Waals surface area contributed by atoms with E-state index >= 15 is 0 Å². The Labute approximate surface area is 107 Å². The molecule has 1 N–H and O–H groups in total. The van der Waals surface area contributed by atoms with Gasteiger partial charge >= 0.3 is 0 Å². The number of halogens is 1. The van der Waals surface area contributed by atoms with E-state index in [9.17, 15) is 9.59 Å². The molecule has 0 aliphatic heterocycles. The standard InChI is InChI=1S/C12H12BrNO3/c13-11-4-3-10(5-8(11)6-15)17-7-12(16)14-9-1-2-9/h3-6,9H,1-2,7H2,(H,14,16). The Bertz CT molecular complexity index is 443. The molecule has 1 aliphatic carbocycles. The molecule has 17 heavy (non-hydrogen) atoms. The summed E-state index contributed by atoms with van der Waals surface area (Å²) in [5, 5.41) is 2.82. The normalized spacial score (nSPS) is 14.2. The number of amides is 1. The van der Waals surface area contributed by atoms with Crippen molar-refractivity contribution in [3.8, 4) is 5.75 Å². The SMILES string of the molecule is O=Cc1cc(OCC(=O)NC2CC2)ccc1Br. The minimum absolute atomic E-state index is 0.0174. The Hall–Kier alpha value is -1.36. The number of ether oxygens (including phenoxy) is 1. The van der Waals surface area contributed by atoms with E-state index in [2.05, 4.69) is 21.2 Å². The second kappa shape index (κ2) is 5.31. The van der Waals surface area contributed by atoms with Crippen LogP contribution in [0.25, 0.3) is 0 Å². The smallest absolute Gasteiger partial charge is 0.258 e. The summed E-state index contributed by atoms with van der Waals surface area (Å²) in [5.41, 5.74) is 0.505. The molecule has 4 nitrogen and oxygen atoms in total. The van der Waals surface area contributed by atoms with E-state index in [1.54, 1.807) is 18.2 Å². The van der Waals surface area contributed by atoms with E-state index in [4.69, 9.17) is 4.74 Å². The van der Waals surface area contributed by atoms with Gasteiger partial charge in [0.2, 0.25) is 0 Å². The van der Waals surface area contributed by atoms with Crippen LogP contribution in [0.2, 0.25) is 0 Å². The highest BCUT2D eigenvalue weighted by Gasteiger charge is 2.23. The predicted molar refractivity (Wildman–Crippen MR) is 66.2 cm³/mol. The average molecular weight is 298 g/mol. The molecule has 0 radical (unpaired) electrons. The summed E-state index contributed by atoms with van der Waals surface area (Å²) in [7, 11) is 0. The van der Waals surface area contributed by atoms with Gasteiger partial charge in [0.15, 0.2) is 12.9 Å². The van der Waals surface area contributed by atoms with Gasteiger partial charge in [-0.1, -0.05) is 15.9 Å². The fraction of sp³-hybridized carbons (Fsp3) is 0.333. The van der Waals surface area contributed by atoms with Crippen molar-refractivity contribution >= 4 is 28.1 Å². The zero-order chi connectivity index (χ0) is 12.3. The van der Waals surface area contributed by atoms with E-state index in [0.29, 0.717) is 21.8 Å². The maximum absolute atomic E-state index is 11.4. The number of carbonyl (C=O) groups is 2. The van der Waals surface area contributed by atoms with Crippen LogP contribution in [0.15, 0.2) is 22.7 Å². The number of nitrogens with one attached hydrogen (secondary N) is 1. The fourth-order valence-electron chi connectivity index (χ4n) is 1.35. The quantitative estimate of drug-likeness (QED) is 0.845. The maximum Gasteiger partial charge on any atom is 0.258 e. The Morgan fingerprint density at radius 1 is 1.53 bits per heavy atom. The Balaban J connectivity index is 1.89. The molecule has 5 heteroatoms. The van der Waals surface area contributed by atoms with Crippen LogP contribution in [0.5, 0.6) is 5.75 Å². The van der Waals surface area contributed by atoms with Gasteiger partial charge in [0.25, 0.3) is 5.91 Å². The van der Waals surface area contributed by atoms with Gasteiger partial charge in [-0.15, -0.1) is 0 Å². The summed E-state index contributed by atoms with van der Waals surface area (Å²) in [6, 6.07) is 5.36. The van der Waals surface area contributed by atoms with Crippen molar-refractivity contribution in [3.05, 3.63) is 28.2 Å². The number of aldehydes is 1. The van der Waals surface area contributed by atoms with E-state index in [0.717, 1.165) is 19.1 Å². The summed E-state index contributed by atoms with van der Waals surface area (Å²) in [6.07, 6.45) is 2.85. The van der Waals surface area contributed by atoms with E-state index in [-0.39, 0.29) is 12.5 Å². The molecular weight excluding hydrogens is 286 g/mol. The monoisotopic (exact) mass is 297 g/mol. The van der Waals surface area contributed by atoms with Crippen molar-refractivity contribution in [2.45, 2.75) is 18.9 Å². The highest BCUT2D eigenvalue weighted by atomic mass is 79.9. The Morgan fingerprint density at radius 3 is 2.94 bits per heavy atom. The number of hydrogen-bond acceptors (Lipinski definition) is 3. The molecule has 0 bridgehead atoms. The van der Waals surface area contributed by atoms with Gasteiger partial charge in [-0.05, 0) is 31.0 Å². The molecule has 0 heterocycles. The predicted octanol–water partition coefficient (Wildman–Crippen LogP) is 1.92. The van der Waals surface area contributed by atoms with Crippen LogP contribution in [0, 0.1) is 0 Å². The number of rotatable bonds is 5. The molecule has 0 spiro atoms. The van der Waals surface area contributed by atoms with Crippen molar-refractivity contribution in [2.75, 3.05) is 6.61 Å². The molecule has 1 aromatic rings. The zero-order valence-electron chi connectivity index (χ0n) is 9.11. The summed E-state index contributed by atoms with van der Waals surface area (Å²) in [5.74, 6) is 0.393. The van der Waals surface area contributed by atoms with Gasteiger partial charge in [-0.2, -0.15) is 0 Å². The summed E-state index contributed by atoms with van der Waals surface area (Å²) >= 11 is 3.25. The van der Waals surface area contributed by atoms with Crippen molar-refractivity contribution in [3.63, 3.8) is 0 Å². The lowest BCUT2D eigenvalue weighted by Gasteiger charge is -2.07. The molecule has 0 unspecified atom stereocenters. The Kier molecular flexibility index (Phi) is 3.78. The molecule has 1 saturated carbocycles. The van der Waals surface area contributed by atoms with Gasteiger partial charge in [-0.3, -0.25) is 9.59 Å². The van der Waals surface area contributed by atoms with Crippen LogP contribution in [-0.2, 0) is 4.79 Å². The van der Waals surface area contributed by atoms with Gasteiger partial charge in [-0.25, -0.2) is 0 Å².